The van der Waals surface area contributed by atoms with Gasteiger partial charge in [0.1, 0.15) is 0 Å². The fourth-order valence-corrected chi connectivity index (χ4v) is 3.00. The van der Waals surface area contributed by atoms with Crippen molar-refractivity contribution < 1.29 is 13.2 Å². The molecule has 20 heavy (non-hydrogen) atoms. The van der Waals surface area contributed by atoms with Gasteiger partial charge in [-0.25, -0.2) is 0 Å². The number of hydrogen-bond donors (Lipinski definition) is 1. The lowest BCUT2D eigenvalue weighted by molar-refractivity contribution is -0.136. The highest BCUT2D eigenvalue weighted by molar-refractivity contribution is 4.86. The second kappa shape index (κ2) is 8.23. The van der Waals surface area contributed by atoms with Crippen LogP contribution in [-0.2, 0) is 0 Å². The third-order valence-corrected chi connectivity index (χ3v) is 3.90. The van der Waals surface area contributed by atoms with Gasteiger partial charge in [0.2, 0.25) is 0 Å². The molecule has 1 aliphatic rings. The Morgan fingerprint density at radius 1 is 1.30 bits per heavy atom. The summed E-state index contributed by atoms with van der Waals surface area (Å²) >= 11 is 0. The molecule has 2 nitrogen and oxygen atoms in total. The molecule has 0 aliphatic carbocycles. The summed E-state index contributed by atoms with van der Waals surface area (Å²) in [6.45, 7) is 8.87. The number of halogens is 3. The highest BCUT2D eigenvalue weighted by atomic mass is 19.4. The number of nitrogens with one attached hydrogen (secondary N) is 1. The van der Waals surface area contributed by atoms with Gasteiger partial charge in [0, 0.05) is 31.6 Å². The Balaban J connectivity index is 2.48. The minimum Gasteiger partial charge on any atom is -0.311 e. The largest absolute Gasteiger partial charge is 0.389 e. The number of piperazine rings is 1. The molecular formula is C15H29F3N2. The standard InChI is InChI=1S/C15H29F3N2/c1-4-6-13-11-20(8-5-7-15(16,17)18)14(10-19-13)9-12(2)3/h12-14,19H,4-11H2,1-3H3. The first-order chi connectivity index (χ1) is 9.31. The van der Waals surface area contributed by atoms with Gasteiger partial charge in [-0.3, -0.25) is 4.90 Å². The Bertz CT molecular complexity index is 266. The Morgan fingerprint density at radius 3 is 2.55 bits per heavy atom. The van der Waals surface area contributed by atoms with Crippen molar-refractivity contribution in [2.24, 2.45) is 5.92 Å². The molecule has 120 valence electrons. The lowest BCUT2D eigenvalue weighted by atomic mass is 9.97. The highest BCUT2D eigenvalue weighted by Gasteiger charge is 2.30. The first kappa shape index (κ1) is 17.8. The predicted molar refractivity (Wildman–Crippen MR) is 76.8 cm³/mol. The summed E-state index contributed by atoms with van der Waals surface area (Å²) in [4.78, 5) is 2.28. The molecule has 0 aromatic carbocycles. The number of hydrogen-bond acceptors (Lipinski definition) is 2. The van der Waals surface area contributed by atoms with E-state index in [4.69, 9.17) is 0 Å². The van der Waals surface area contributed by atoms with Crippen LogP contribution in [0.1, 0.15) is 52.9 Å². The molecule has 0 spiro atoms. The second-order valence-corrected chi connectivity index (χ2v) is 6.39. The Labute approximate surface area is 121 Å². The summed E-state index contributed by atoms with van der Waals surface area (Å²) in [5, 5.41) is 3.55. The van der Waals surface area contributed by atoms with Crippen LogP contribution >= 0.6 is 0 Å². The summed E-state index contributed by atoms with van der Waals surface area (Å²) in [6.07, 6.45) is -1.20. The van der Waals surface area contributed by atoms with E-state index in [0.717, 1.165) is 32.4 Å². The first-order valence-electron chi connectivity index (χ1n) is 7.86. The van der Waals surface area contributed by atoms with E-state index >= 15 is 0 Å². The normalized spacial score (nSPS) is 25.4. The Morgan fingerprint density at radius 2 is 2.00 bits per heavy atom. The topological polar surface area (TPSA) is 15.3 Å². The van der Waals surface area contributed by atoms with Crippen LogP contribution in [0, 0.1) is 5.92 Å². The molecular weight excluding hydrogens is 265 g/mol. The van der Waals surface area contributed by atoms with E-state index in [0.29, 0.717) is 24.5 Å². The molecule has 2 atom stereocenters. The SMILES string of the molecule is CCCC1CN(CCCC(F)(F)F)C(CC(C)C)CN1. The predicted octanol–water partition coefficient (Wildman–Crippen LogP) is 3.82. The van der Waals surface area contributed by atoms with Crippen molar-refractivity contribution in [1.82, 2.24) is 10.2 Å². The number of alkyl halides is 3. The molecule has 1 saturated heterocycles. The molecule has 0 bridgehead atoms. The van der Waals surface area contributed by atoms with Crippen molar-refractivity contribution in [3.05, 3.63) is 0 Å². The zero-order valence-electron chi connectivity index (χ0n) is 13.0. The highest BCUT2D eigenvalue weighted by Crippen LogP contribution is 2.23. The van der Waals surface area contributed by atoms with Gasteiger partial charge < -0.3 is 5.32 Å². The van der Waals surface area contributed by atoms with Gasteiger partial charge in [0.05, 0.1) is 0 Å². The van der Waals surface area contributed by atoms with Gasteiger partial charge in [-0.05, 0) is 31.7 Å². The third kappa shape index (κ3) is 6.93. The van der Waals surface area contributed by atoms with E-state index in [2.05, 4.69) is 31.0 Å². The van der Waals surface area contributed by atoms with E-state index in [1.165, 1.54) is 0 Å². The summed E-state index contributed by atoms with van der Waals surface area (Å²) in [5.74, 6) is 0.578. The molecule has 0 aromatic rings. The van der Waals surface area contributed by atoms with Gasteiger partial charge in [-0.2, -0.15) is 13.2 Å². The quantitative estimate of drug-likeness (QED) is 0.768. The molecule has 1 N–H and O–H groups in total. The van der Waals surface area contributed by atoms with Crippen LogP contribution < -0.4 is 5.32 Å². The smallest absolute Gasteiger partial charge is 0.311 e. The maximum absolute atomic E-state index is 12.3. The van der Waals surface area contributed by atoms with E-state index in [1.54, 1.807) is 0 Å². The average Bonchev–Trinajstić information content (AvgIpc) is 2.30. The van der Waals surface area contributed by atoms with Crippen LogP contribution in [0.15, 0.2) is 0 Å². The van der Waals surface area contributed by atoms with E-state index in [9.17, 15) is 13.2 Å². The molecule has 1 fully saturated rings. The maximum Gasteiger partial charge on any atom is 0.389 e. The van der Waals surface area contributed by atoms with Crippen LogP contribution in [0.2, 0.25) is 0 Å². The van der Waals surface area contributed by atoms with Crippen LogP contribution in [0.5, 0.6) is 0 Å². The van der Waals surface area contributed by atoms with Crippen molar-refractivity contribution in [2.45, 2.75) is 71.1 Å². The van der Waals surface area contributed by atoms with Gasteiger partial charge in [0.25, 0.3) is 0 Å². The lowest BCUT2D eigenvalue weighted by Gasteiger charge is -2.41. The molecule has 0 aromatic heterocycles. The molecule has 1 aliphatic heterocycles. The second-order valence-electron chi connectivity index (χ2n) is 6.39. The first-order valence-corrected chi connectivity index (χ1v) is 7.86. The van der Waals surface area contributed by atoms with Gasteiger partial charge in [-0.1, -0.05) is 27.2 Å². The van der Waals surface area contributed by atoms with Crippen molar-refractivity contribution in [3.63, 3.8) is 0 Å². The fraction of sp³-hybridized carbons (Fsp3) is 1.00. The minimum absolute atomic E-state index is 0.219. The molecule has 0 amide bonds. The van der Waals surface area contributed by atoms with Crippen molar-refractivity contribution in [3.8, 4) is 0 Å². The Kier molecular flexibility index (Phi) is 7.30. The van der Waals surface area contributed by atoms with Crippen molar-refractivity contribution in [1.29, 1.82) is 0 Å². The summed E-state index contributed by atoms with van der Waals surface area (Å²) in [6, 6.07) is 0.825. The molecule has 1 heterocycles. The van der Waals surface area contributed by atoms with E-state index in [-0.39, 0.29) is 6.42 Å². The number of nitrogens with zero attached hydrogens (tertiary/aromatic N) is 1. The molecule has 5 heteroatoms. The van der Waals surface area contributed by atoms with Gasteiger partial charge in [0.15, 0.2) is 0 Å². The monoisotopic (exact) mass is 294 g/mol. The van der Waals surface area contributed by atoms with Gasteiger partial charge >= 0.3 is 6.18 Å². The minimum atomic E-state index is -4.02. The lowest BCUT2D eigenvalue weighted by Crippen LogP contribution is -2.56. The van der Waals surface area contributed by atoms with E-state index in [1.807, 2.05) is 0 Å². The number of rotatable bonds is 7. The molecule has 2 unspecified atom stereocenters. The van der Waals surface area contributed by atoms with Crippen LogP contribution in [0.4, 0.5) is 13.2 Å². The van der Waals surface area contributed by atoms with Crippen LogP contribution in [-0.4, -0.2) is 42.8 Å². The Hall–Kier alpha value is -0.290. The summed E-state index contributed by atoms with van der Waals surface area (Å²) in [7, 11) is 0. The van der Waals surface area contributed by atoms with Crippen molar-refractivity contribution >= 4 is 0 Å². The zero-order valence-corrected chi connectivity index (χ0v) is 13.0. The molecule has 0 saturated carbocycles. The average molecular weight is 294 g/mol. The van der Waals surface area contributed by atoms with Gasteiger partial charge in [-0.15, -0.1) is 0 Å². The molecule has 0 radical (unpaired) electrons. The van der Waals surface area contributed by atoms with Crippen LogP contribution in [0.3, 0.4) is 0 Å². The maximum atomic E-state index is 12.3. The zero-order chi connectivity index (χ0) is 15.2. The fourth-order valence-electron chi connectivity index (χ4n) is 3.00. The summed E-state index contributed by atoms with van der Waals surface area (Å²) in [5.41, 5.74) is 0. The van der Waals surface area contributed by atoms with E-state index < -0.39 is 12.6 Å². The molecule has 1 rings (SSSR count). The third-order valence-electron chi connectivity index (χ3n) is 3.90. The van der Waals surface area contributed by atoms with Crippen molar-refractivity contribution in [2.75, 3.05) is 19.6 Å². The summed E-state index contributed by atoms with van der Waals surface area (Å²) < 4.78 is 36.9. The van der Waals surface area contributed by atoms with Crippen LogP contribution in [0.25, 0.3) is 0 Å².